The summed E-state index contributed by atoms with van der Waals surface area (Å²) in [7, 11) is 0. The zero-order valence-corrected chi connectivity index (χ0v) is 9.51. The molecule has 1 rings (SSSR count). The van der Waals surface area contributed by atoms with Crippen LogP contribution in [0.4, 0.5) is 5.82 Å². The third-order valence-corrected chi connectivity index (χ3v) is 2.59. The van der Waals surface area contributed by atoms with Crippen molar-refractivity contribution in [2.45, 2.75) is 6.42 Å². The van der Waals surface area contributed by atoms with Crippen LogP contribution < -0.4 is 11.1 Å². The molecule has 0 aliphatic rings. The van der Waals surface area contributed by atoms with Gasteiger partial charge in [-0.25, -0.2) is 4.98 Å². The molecule has 82 valence electrons. The van der Waals surface area contributed by atoms with E-state index in [1.54, 1.807) is 30.1 Å². The molecule has 0 unspecified atom stereocenters. The van der Waals surface area contributed by atoms with Gasteiger partial charge in [-0.15, -0.1) is 0 Å². The molecule has 1 amide bonds. The van der Waals surface area contributed by atoms with Gasteiger partial charge in [-0.1, -0.05) is 0 Å². The van der Waals surface area contributed by atoms with Crippen LogP contribution in [0.25, 0.3) is 0 Å². The zero-order valence-electron chi connectivity index (χ0n) is 8.69. The van der Waals surface area contributed by atoms with E-state index in [9.17, 15) is 4.79 Å². The Balaban J connectivity index is 2.44. The van der Waals surface area contributed by atoms with Gasteiger partial charge in [0.25, 0.3) is 5.91 Å². The maximum Gasteiger partial charge on any atom is 0.255 e. The average molecular weight is 225 g/mol. The van der Waals surface area contributed by atoms with E-state index in [1.807, 2.05) is 6.26 Å². The van der Waals surface area contributed by atoms with Gasteiger partial charge in [-0.05, 0) is 30.6 Å². The number of pyridine rings is 1. The number of anilines is 1. The van der Waals surface area contributed by atoms with Crippen LogP contribution in [0.15, 0.2) is 18.3 Å². The summed E-state index contributed by atoms with van der Waals surface area (Å²) < 4.78 is 0. The van der Waals surface area contributed by atoms with E-state index in [0.29, 0.717) is 12.1 Å². The zero-order chi connectivity index (χ0) is 11.1. The van der Waals surface area contributed by atoms with Crippen molar-refractivity contribution >= 4 is 23.5 Å². The van der Waals surface area contributed by atoms with Gasteiger partial charge in [0.15, 0.2) is 0 Å². The van der Waals surface area contributed by atoms with Gasteiger partial charge in [0, 0.05) is 12.7 Å². The first-order chi connectivity index (χ1) is 7.25. The highest BCUT2D eigenvalue weighted by molar-refractivity contribution is 7.98. The third-order valence-electron chi connectivity index (χ3n) is 1.89. The fourth-order valence-corrected chi connectivity index (χ4v) is 1.56. The summed E-state index contributed by atoms with van der Waals surface area (Å²) in [5.74, 6) is 1.17. The number of nitrogens with two attached hydrogens (primary N) is 1. The maximum absolute atomic E-state index is 11.6. The first-order valence-corrected chi connectivity index (χ1v) is 6.12. The van der Waals surface area contributed by atoms with Crippen LogP contribution in [0.1, 0.15) is 16.8 Å². The summed E-state index contributed by atoms with van der Waals surface area (Å²) in [6, 6.07) is 3.37. The first-order valence-electron chi connectivity index (χ1n) is 4.73. The van der Waals surface area contributed by atoms with Gasteiger partial charge < -0.3 is 11.1 Å². The van der Waals surface area contributed by atoms with E-state index in [2.05, 4.69) is 10.3 Å². The number of rotatable bonds is 5. The number of nitrogen functional groups attached to an aromatic ring is 1. The molecule has 0 aromatic carbocycles. The molecular weight excluding hydrogens is 210 g/mol. The van der Waals surface area contributed by atoms with Gasteiger partial charge in [-0.2, -0.15) is 11.8 Å². The van der Waals surface area contributed by atoms with Crippen molar-refractivity contribution in [2.24, 2.45) is 0 Å². The van der Waals surface area contributed by atoms with E-state index in [1.165, 1.54) is 0 Å². The smallest absolute Gasteiger partial charge is 0.255 e. The number of nitrogens with one attached hydrogen (secondary N) is 1. The Bertz CT molecular complexity index is 330. The summed E-state index contributed by atoms with van der Waals surface area (Å²) in [4.78, 5) is 15.4. The van der Waals surface area contributed by atoms with Crippen molar-refractivity contribution in [1.82, 2.24) is 10.3 Å². The molecule has 1 aromatic rings. The van der Waals surface area contributed by atoms with E-state index in [-0.39, 0.29) is 11.7 Å². The monoisotopic (exact) mass is 225 g/mol. The number of carbonyl (C=O) groups is 1. The Labute approximate surface area is 93.7 Å². The topological polar surface area (TPSA) is 68.0 Å². The molecule has 1 heterocycles. The number of nitrogens with zero attached hydrogens (tertiary/aromatic N) is 1. The van der Waals surface area contributed by atoms with E-state index < -0.39 is 0 Å². The largest absolute Gasteiger partial charge is 0.383 e. The Hall–Kier alpha value is -1.23. The summed E-state index contributed by atoms with van der Waals surface area (Å²) in [6.45, 7) is 0.675. The second kappa shape index (κ2) is 6.29. The van der Waals surface area contributed by atoms with Crippen LogP contribution in [0, 0.1) is 0 Å². The normalized spacial score (nSPS) is 9.93. The van der Waals surface area contributed by atoms with Crippen LogP contribution in [0.5, 0.6) is 0 Å². The molecule has 3 N–H and O–H groups in total. The molecule has 0 atom stereocenters. The second-order valence-electron chi connectivity index (χ2n) is 3.04. The molecule has 0 aliphatic carbocycles. The quantitative estimate of drug-likeness (QED) is 0.738. The van der Waals surface area contributed by atoms with Gasteiger partial charge >= 0.3 is 0 Å². The molecule has 0 bridgehead atoms. The van der Waals surface area contributed by atoms with Gasteiger partial charge in [0.1, 0.15) is 5.82 Å². The summed E-state index contributed by atoms with van der Waals surface area (Å²) in [6.07, 6.45) is 4.58. The Morgan fingerprint density at radius 2 is 2.47 bits per heavy atom. The third kappa shape index (κ3) is 3.79. The molecular formula is C10H15N3OS. The van der Waals surface area contributed by atoms with Gasteiger partial charge in [-0.3, -0.25) is 4.79 Å². The predicted octanol–water partition coefficient (Wildman–Crippen LogP) is 1.15. The number of hydrogen-bond acceptors (Lipinski definition) is 4. The van der Waals surface area contributed by atoms with E-state index >= 15 is 0 Å². The lowest BCUT2D eigenvalue weighted by Crippen LogP contribution is -2.25. The lowest BCUT2D eigenvalue weighted by molar-refractivity contribution is 0.0954. The SMILES string of the molecule is CSCCCNC(=O)c1cccnc1N. The molecule has 5 heteroatoms. The number of amides is 1. The number of thioether (sulfide) groups is 1. The van der Waals surface area contributed by atoms with Crippen molar-refractivity contribution in [3.05, 3.63) is 23.9 Å². The van der Waals surface area contributed by atoms with Crippen molar-refractivity contribution < 1.29 is 4.79 Å². The van der Waals surface area contributed by atoms with Gasteiger partial charge in [0.05, 0.1) is 5.56 Å². The highest BCUT2D eigenvalue weighted by Gasteiger charge is 2.08. The van der Waals surface area contributed by atoms with Crippen LogP contribution >= 0.6 is 11.8 Å². The Morgan fingerprint density at radius 1 is 1.67 bits per heavy atom. The van der Waals surface area contributed by atoms with Crippen molar-refractivity contribution in [2.75, 3.05) is 24.3 Å². The van der Waals surface area contributed by atoms with E-state index in [4.69, 9.17) is 5.73 Å². The fraction of sp³-hybridized carbons (Fsp3) is 0.400. The minimum atomic E-state index is -0.151. The van der Waals surface area contributed by atoms with Gasteiger partial charge in [0.2, 0.25) is 0 Å². The number of carbonyl (C=O) groups excluding carboxylic acids is 1. The van der Waals surface area contributed by atoms with Crippen molar-refractivity contribution in [3.8, 4) is 0 Å². The molecule has 1 aromatic heterocycles. The summed E-state index contributed by atoms with van der Waals surface area (Å²) >= 11 is 1.76. The molecule has 0 radical (unpaired) electrons. The van der Waals surface area contributed by atoms with Crippen molar-refractivity contribution in [1.29, 1.82) is 0 Å². The molecule has 0 saturated carbocycles. The highest BCUT2D eigenvalue weighted by Crippen LogP contribution is 2.06. The lowest BCUT2D eigenvalue weighted by atomic mass is 10.2. The number of hydrogen-bond donors (Lipinski definition) is 2. The van der Waals surface area contributed by atoms with Crippen LogP contribution in [-0.2, 0) is 0 Å². The predicted molar refractivity (Wildman–Crippen MR) is 64.0 cm³/mol. The summed E-state index contributed by atoms with van der Waals surface area (Å²) in [5, 5.41) is 2.80. The second-order valence-corrected chi connectivity index (χ2v) is 4.02. The minimum Gasteiger partial charge on any atom is -0.383 e. The molecule has 0 spiro atoms. The van der Waals surface area contributed by atoms with Crippen LogP contribution in [0.3, 0.4) is 0 Å². The molecule has 4 nitrogen and oxygen atoms in total. The number of aromatic nitrogens is 1. The Kier molecular flexibility index (Phi) is 4.97. The molecule has 0 saturated heterocycles. The molecule has 15 heavy (non-hydrogen) atoms. The van der Waals surface area contributed by atoms with Crippen LogP contribution in [-0.4, -0.2) is 29.4 Å². The standard InChI is InChI=1S/C10H15N3OS/c1-15-7-3-6-13-10(14)8-4-2-5-12-9(8)11/h2,4-5H,3,6-7H2,1H3,(H2,11,12)(H,13,14). The lowest BCUT2D eigenvalue weighted by Gasteiger charge is -2.05. The Morgan fingerprint density at radius 3 is 3.13 bits per heavy atom. The first kappa shape index (κ1) is 11.8. The van der Waals surface area contributed by atoms with Crippen molar-refractivity contribution in [3.63, 3.8) is 0 Å². The highest BCUT2D eigenvalue weighted by atomic mass is 32.2. The fourth-order valence-electron chi connectivity index (χ4n) is 1.12. The van der Waals surface area contributed by atoms with E-state index in [0.717, 1.165) is 12.2 Å². The minimum absolute atomic E-state index is 0.151. The maximum atomic E-state index is 11.6. The molecule has 0 aliphatic heterocycles. The molecule has 0 fully saturated rings. The van der Waals surface area contributed by atoms with Crippen LogP contribution in [0.2, 0.25) is 0 Å². The average Bonchev–Trinajstić information content (AvgIpc) is 2.25. The summed E-state index contributed by atoms with van der Waals surface area (Å²) in [5.41, 5.74) is 6.02.